The Morgan fingerprint density at radius 2 is 1.43 bits per heavy atom. The topological polar surface area (TPSA) is 44.9 Å². The van der Waals surface area contributed by atoms with E-state index in [9.17, 15) is 4.39 Å². The molecular weight excluding hydrogens is 607 g/mol. The predicted octanol–water partition coefficient (Wildman–Crippen LogP) is 11.6. The van der Waals surface area contributed by atoms with Crippen LogP contribution in [0.4, 0.5) is 4.39 Å². The number of benzene rings is 4. The van der Waals surface area contributed by atoms with Crippen LogP contribution in [0.5, 0.6) is 11.5 Å². The van der Waals surface area contributed by atoms with Gasteiger partial charge in [-0.1, -0.05) is 51.0 Å². The van der Waals surface area contributed by atoms with Gasteiger partial charge in [0.05, 0.1) is 22.9 Å². The SMILES string of the molecule is CCCCc1c(C)c(C)c(C)c(CCCC)c1-c1cnn(-c2cccc(Oc3ccc4c5ccccc5n(-c5cc(F)ccn5)c4c3)c2)c1. The number of hydrogen-bond donors (Lipinski definition) is 0. The zero-order chi connectivity index (χ0) is 34.1. The number of pyridine rings is 1. The molecule has 0 saturated heterocycles. The summed E-state index contributed by atoms with van der Waals surface area (Å²) in [4.78, 5) is 4.49. The van der Waals surface area contributed by atoms with Gasteiger partial charge >= 0.3 is 0 Å². The Bertz CT molecular complexity index is 2260. The van der Waals surface area contributed by atoms with E-state index in [0.717, 1.165) is 40.3 Å². The molecule has 7 aromatic rings. The van der Waals surface area contributed by atoms with Crippen molar-refractivity contribution < 1.29 is 9.13 Å². The molecule has 4 aromatic carbocycles. The monoisotopic (exact) mass is 650 g/mol. The molecule has 0 unspecified atom stereocenters. The van der Waals surface area contributed by atoms with E-state index < -0.39 is 0 Å². The van der Waals surface area contributed by atoms with Crippen LogP contribution in [0, 0.1) is 26.6 Å². The average molecular weight is 651 g/mol. The highest BCUT2D eigenvalue weighted by molar-refractivity contribution is 6.09. The third kappa shape index (κ3) is 6.12. The molecule has 3 aromatic heterocycles. The molecule has 0 saturated carbocycles. The summed E-state index contributed by atoms with van der Waals surface area (Å²) in [5.74, 6) is 1.58. The zero-order valence-electron chi connectivity index (χ0n) is 29.1. The van der Waals surface area contributed by atoms with Crippen LogP contribution in [0.25, 0.3) is 44.4 Å². The molecule has 0 atom stereocenters. The average Bonchev–Trinajstić information content (AvgIpc) is 3.73. The molecule has 0 aliphatic carbocycles. The maximum atomic E-state index is 14.3. The van der Waals surface area contributed by atoms with E-state index in [1.54, 1.807) is 0 Å². The van der Waals surface area contributed by atoms with Crippen LogP contribution in [0.15, 0.2) is 97.5 Å². The lowest BCUT2D eigenvalue weighted by Gasteiger charge is -2.22. The van der Waals surface area contributed by atoms with Crippen molar-refractivity contribution in [2.75, 3.05) is 0 Å². The van der Waals surface area contributed by atoms with E-state index >= 15 is 0 Å². The van der Waals surface area contributed by atoms with Crippen molar-refractivity contribution in [3.8, 4) is 34.1 Å². The summed E-state index contributed by atoms with van der Waals surface area (Å²) in [6.07, 6.45) is 12.5. The molecule has 3 heterocycles. The molecular formula is C43H43FN4O. The van der Waals surface area contributed by atoms with Gasteiger partial charge in [0, 0.05) is 46.9 Å². The molecule has 0 spiro atoms. The van der Waals surface area contributed by atoms with Crippen molar-refractivity contribution >= 4 is 21.8 Å². The minimum Gasteiger partial charge on any atom is -0.457 e. The lowest BCUT2D eigenvalue weighted by atomic mass is 9.82. The van der Waals surface area contributed by atoms with Crippen molar-refractivity contribution in [1.29, 1.82) is 0 Å². The van der Waals surface area contributed by atoms with E-state index in [2.05, 4.69) is 64.0 Å². The molecule has 0 radical (unpaired) electrons. The number of fused-ring (bicyclic) bond motifs is 3. The fraction of sp³-hybridized carbons (Fsp3) is 0.256. The van der Waals surface area contributed by atoms with Crippen LogP contribution in [0.3, 0.4) is 0 Å². The van der Waals surface area contributed by atoms with Gasteiger partial charge in [0.1, 0.15) is 23.1 Å². The van der Waals surface area contributed by atoms with Crippen molar-refractivity contribution in [2.45, 2.75) is 73.1 Å². The summed E-state index contributed by atoms with van der Waals surface area (Å²) in [6, 6.07) is 25.0. The predicted molar refractivity (Wildman–Crippen MR) is 199 cm³/mol. The number of hydrogen-bond acceptors (Lipinski definition) is 3. The second-order valence-corrected chi connectivity index (χ2v) is 13.1. The normalized spacial score (nSPS) is 11.6. The third-order valence-corrected chi connectivity index (χ3v) is 9.97. The maximum absolute atomic E-state index is 14.3. The highest BCUT2D eigenvalue weighted by atomic mass is 19.1. The van der Waals surface area contributed by atoms with E-state index in [1.165, 1.54) is 83.0 Å². The Morgan fingerprint density at radius 3 is 2.16 bits per heavy atom. The fourth-order valence-corrected chi connectivity index (χ4v) is 7.17. The third-order valence-electron chi connectivity index (χ3n) is 9.97. The molecule has 5 nitrogen and oxygen atoms in total. The molecule has 0 fully saturated rings. The minimum atomic E-state index is -0.330. The second-order valence-electron chi connectivity index (χ2n) is 13.1. The van der Waals surface area contributed by atoms with Crippen molar-refractivity contribution in [3.63, 3.8) is 0 Å². The Labute approximate surface area is 288 Å². The highest BCUT2D eigenvalue weighted by Gasteiger charge is 2.20. The molecule has 0 amide bonds. The number of ether oxygens (including phenoxy) is 1. The van der Waals surface area contributed by atoms with Gasteiger partial charge < -0.3 is 4.74 Å². The largest absolute Gasteiger partial charge is 0.457 e. The summed E-state index contributed by atoms with van der Waals surface area (Å²) in [7, 11) is 0. The van der Waals surface area contributed by atoms with Crippen LogP contribution in [0.1, 0.15) is 67.3 Å². The highest BCUT2D eigenvalue weighted by Crippen LogP contribution is 2.38. The summed E-state index contributed by atoms with van der Waals surface area (Å²) >= 11 is 0. The molecule has 248 valence electrons. The first-order valence-electron chi connectivity index (χ1n) is 17.5. The smallest absolute Gasteiger partial charge is 0.140 e. The Hall–Kier alpha value is -5.23. The summed E-state index contributed by atoms with van der Waals surface area (Å²) < 4.78 is 24.7. The number of aromatic nitrogens is 4. The van der Waals surface area contributed by atoms with Crippen LogP contribution in [-0.2, 0) is 12.8 Å². The first kappa shape index (κ1) is 32.3. The first-order valence-corrected chi connectivity index (χ1v) is 17.5. The van der Waals surface area contributed by atoms with Gasteiger partial charge in [-0.2, -0.15) is 5.10 Å². The summed E-state index contributed by atoms with van der Waals surface area (Å²) in [5, 5.41) is 6.99. The van der Waals surface area contributed by atoms with Crippen LogP contribution >= 0.6 is 0 Å². The van der Waals surface area contributed by atoms with Crippen LogP contribution < -0.4 is 4.74 Å². The van der Waals surface area contributed by atoms with E-state index in [1.807, 2.05) is 64.0 Å². The first-order chi connectivity index (χ1) is 23.9. The summed E-state index contributed by atoms with van der Waals surface area (Å²) in [5.41, 5.74) is 12.5. The molecule has 7 rings (SSSR count). The molecule has 0 aliphatic heterocycles. The standard InChI is InChI=1S/C43H43FN4O/c1-6-8-15-36-29(4)28(3)30(5)37(16-9-7-2)43(36)31-26-46-47(27-31)33-13-12-14-34(24-33)49-35-19-20-39-38-17-10-11-18-40(38)48(41(39)25-35)42-23-32(44)21-22-45-42/h10-14,17-27H,6-9,15-16H2,1-5H3. The van der Waals surface area contributed by atoms with Gasteiger partial charge in [0.25, 0.3) is 0 Å². The van der Waals surface area contributed by atoms with E-state index in [0.29, 0.717) is 17.3 Å². The van der Waals surface area contributed by atoms with Crippen LogP contribution in [-0.4, -0.2) is 19.3 Å². The molecule has 6 heteroatoms. The number of unbranched alkanes of at least 4 members (excludes halogenated alkanes) is 2. The quantitative estimate of drug-likeness (QED) is 0.140. The van der Waals surface area contributed by atoms with Gasteiger partial charge in [-0.3, -0.25) is 4.57 Å². The number of nitrogens with zero attached hydrogens (tertiary/aromatic N) is 4. The number of rotatable bonds is 11. The molecule has 49 heavy (non-hydrogen) atoms. The fourth-order valence-electron chi connectivity index (χ4n) is 7.17. The van der Waals surface area contributed by atoms with Crippen LogP contribution in [0.2, 0.25) is 0 Å². The van der Waals surface area contributed by atoms with Gasteiger partial charge in [0.2, 0.25) is 0 Å². The van der Waals surface area contributed by atoms with E-state index in [4.69, 9.17) is 9.84 Å². The van der Waals surface area contributed by atoms with Crippen molar-refractivity contribution in [1.82, 2.24) is 19.3 Å². The van der Waals surface area contributed by atoms with Gasteiger partial charge in [-0.25, -0.2) is 14.1 Å². The Kier molecular flexibility index (Phi) is 9.05. The number of para-hydroxylation sites is 1. The minimum absolute atomic E-state index is 0.330. The van der Waals surface area contributed by atoms with Gasteiger partial charge in [-0.15, -0.1) is 0 Å². The Balaban J connectivity index is 1.25. The van der Waals surface area contributed by atoms with Gasteiger partial charge in [-0.05, 0) is 116 Å². The van der Waals surface area contributed by atoms with Gasteiger partial charge in [0.15, 0.2) is 0 Å². The summed E-state index contributed by atoms with van der Waals surface area (Å²) in [6.45, 7) is 11.4. The Morgan fingerprint density at radius 1 is 0.714 bits per heavy atom. The second kappa shape index (κ2) is 13.7. The van der Waals surface area contributed by atoms with E-state index in [-0.39, 0.29) is 5.82 Å². The zero-order valence-corrected chi connectivity index (χ0v) is 29.1. The maximum Gasteiger partial charge on any atom is 0.140 e. The lowest BCUT2D eigenvalue weighted by Crippen LogP contribution is -2.06. The molecule has 0 N–H and O–H groups in total. The van der Waals surface area contributed by atoms with Crippen molar-refractivity contribution in [2.24, 2.45) is 0 Å². The lowest BCUT2D eigenvalue weighted by molar-refractivity contribution is 0.483. The molecule has 0 bridgehead atoms. The van der Waals surface area contributed by atoms with Crippen molar-refractivity contribution in [3.05, 3.63) is 131 Å². The number of halogens is 1. The molecule has 0 aliphatic rings.